The van der Waals surface area contributed by atoms with Crippen molar-refractivity contribution in [1.82, 2.24) is 14.9 Å². The molecule has 1 aromatic heterocycles. The van der Waals surface area contributed by atoms with Crippen LogP contribution < -0.4 is 10.5 Å². The predicted molar refractivity (Wildman–Crippen MR) is 90.4 cm³/mol. The number of fused-ring (bicyclic) bond motifs is 1. The SMILES string of the molecule is CCc1ncc2c(n1)CN(Cc1cccc(OCC(N)=O)c1)CC2. The van der Waals surface area contributed by atoms with E-state index >= 15 is 0 Å². The first kappa shape index (κ1) is 16.4. The van der Waals surface area contributed by atoms with Gasteiger partial charge in [0.05, 0.1) is 5.69 Å². The van der Waals surface area contributed by atoms with E-state index in [0.717, 1.165) is 49.6 Å². The van der Waals surface area contributed by atoms with E-state index in [2.05, 4.69) is 27.9 Å². The molecular weight excluding hydrogens is 304 g/mol. The Morgan fingerprint density at radius 3 is 3.08 bits per heavy atom. The minimum Gasteiger partial charge on any atom is -0.484 e. The zero-order valence-electron chi connectivity index (χ0n) is 13.9. The summed E-state index contributed by atoms with van der Waals surface area (Å²) in [5, 5.41) is 0. The van der Waals surface area contributed by atoms with Crippen molar-refractivity contribution in [2.75, 3.05) is 13.2 Å². The van der Waals surface area contributed by atoms with Crippen molar-refractivity contribution < 1.29 is 9.53 Å². The minimum atomic E-state index is -0.473. The highest BCUT2D eigenvalue weighted by Gasteiger charge is 2.18. The van der Waals surface area contributed by atoms with Gasteiger partial charge in [-0.05, 0) is 29.7 Å². The second-order valence-electron chi connectivity index (χ2n) is 5.97. The number of ether oxygens (including phenoxy) is 1. The molecule has 2 heterocycles. The van der Waals surface area contributed by atoms with Crippen molar-refractivity contribution >= 4 is 5.91 Å². The van der Waals surface area contributed by atoms with Gasteiger partial charge in [-0.25, -0.2) is 9.97 Å². The Balaban J connectivity index is 1.66. The highest BCUT2D eigenvalue weighted by atomic mass is 16.5. The first-order valence-corrected chi connectivity index (χ1v) is 8.20. The molecule has 2 N–H and O–H groups in total. The quantitative estimate of drug-likeness (QED) is 0.869. The van der Waals surface area contributed by atoms with E-state index in [4.69, 9.17) is 10.5 Å². The van der Waals surface area contributed by atoms with Crippen LogP contribution in [0.2, 0.25) is 0 Å². The van der Waals surface area contributed by atoms with Crippen LogP contribution in [0.1, 0.15) is 29.6 Å². The number of rotatable bonds is 6. The Morgan fingerprint density at radius 2 is 2.29 bits per heavy atom. The number of aromatic nitrogens is 2. The number of hydrogen-bond acceptors (Lipinski definition) is 5. The second-order valence-corrected chi connectivity index (χ2v) is 5.97. The number of carbonyl (C=O) groups excluding carboxylic acids is 1. The fourth-order valence-corrected chi connectivity index (χ4v) is 2.85. The molecule has 1 aliphatic rings. The van der Waals surface area contributed by atoms with E-state index in [-0.39, 0.29) is 6.61 Å². The molecule has 0 bridgehead atoms. The van der Waals surface area contributed by atoms with Gasteiger partial charge in [-0.15, -0.1) is 0 Å². The third-order valence-electron chi connectivity index (χ3n) is 4.08. The van der Waals surface area contributed by atoms with Crippen LogP contribution in [0.15, 0.2) is 30.5 Å². The fraction of sp³-hybridized carbons (Fsp3) is 0.389. The fourth-order valence-electron chi connectivity index (χ4n) is 2.85. The molecule has 24 heavy (non-hydrogen) atoms. The van der Waals surface area contributed by atoms with Crippen molar-refractivity contribution in [2.45, 2.75) is 32.9 Å². The molecule has 0 atom stereocenters. The van der Waals surface area contributed by atoms with Gasteiger partial charge < -0.3 is 10.5 Å². The lowest BCUT2D eigenvalue weighted by atomic mass is 10.1. The Hall–Kier alpha value is -2.47. The zero-order valence-corrected chi connectivity index (χ0v) is 13.9. The lowest BCUT2D eigenvalue weighted by Gasteiger charge is -2.28. The van der Waals surface area contributed by atoms with Crippen molar-refractivity contribution in [2.24, 2.45) is 5.73 Å². The topological polar surface area (TPSA) is 81.3 Å². The number of amides is 1. The van der Waals surface area contributed by atoms with E-state index in [1.165, 1.54) is 5.56 Å². The summed E-state index contributed by atoms with van der Waals surface area (Å²) in [6, 6.07) is 7.78. The normalized spacial score (nSPS) is 14.2. The number of hydrogen-bond donors (Lipinski definition) is 1. The van der Waals surface area contributed by atoms with E-state index in [1.54, 1.807) is 0 Å². The summed E-state index contributed by atoms with van der Waals surface area (Å²) in [6.45, 7) is 4.60. The summed E-state index contributed by atoms with van der Waals surface area (Å²) in [5.41, 5.74) is 8.64. The Kier molecular flexibility index (Phi) is 5.05. The van der Waals surface area contributed by atoms with Crippen molar-refractivity contribution in [3.8, 4) is 5.75 Å². The third kappa shape index (κ3) is 4.08. The minimum absolute atomic E-state index is 0.0999. The molecule has 2 aromatic rings. The zero-order chi connectivity index (χ0) is 16.9. The molecule has 0 fully saturated rings. The van der Waals surface area contributed by atoms with Gasteiger partial charge in [0, 0.05) is 32.3 Å². The Bertz CT molecular complexity index is 733. The van der Waals surface area contributed by atoms with Gasteiger partial charge in [0.25, 0.3) is 5.91 Å². The first-order valence-electron chi connectivity index (χ1n) is 8.20. The molecule has 0 saturated heterocycles. The molecule has 1 aromatic carbocycles. The first-order chi connectivity index (χ1) is 11.6. The number of benzene rings is 1. The van der Waals surface area contributed by atoms with Gasteiger partial charge >= 0.3 is 0 Å². The van der Waals surface area contributed by atoms with Gasteiger partial charge in [0.2, 0.25) is 0 Å². The molecule has 0 saturated carbocycles. The number of nitrogens with two attached hydrogens (primary N) is 1. The maximum atomic E-state index is 10.8. The smallest absolute Gasteiger partial charge is 0.255 e. The summed E-state index contributed by atoms with van der Waals surface area (Å²) in [6.07, 6.45) is 3.79. The van der Waals surface area contributed by atoms with Gasteiger partial charge in [0.15, 0.2) is 6.61 Å². The highest BCUT2D eigenvalue weighted by molar-refractivity contribution is 5.75. The third-order valence-corrected chi connectivity index (χ3v) is 4.08. The Morgan fingerprint density at radius 1 is 1.42 bits per heavy atom. The highest BCUT2D eigenvalue weighted by Crippen LogP contribution is 2.20. The molecule has 6 heteroatoms. The average molecular weight is 326 g/mol. The van der Waals surface area contributed by atoms with Crippen LogP contribution in [0.5, 0.6) is 5.75 Å². The Labute approximate surface area is 141 Å². The van der Waals surface area contributed by atoms with Gasteiger partial charge in [-0.1, -0.05) is 19.1 Å². The molecule has 1 aliphatic heterocycles. The van der Waals surface area contributed by atoms with Crippen LogP contribution in [0.4, 0.5) is 0 Å². The number of primary amides is 1. The summed E-state index contributed by atoms with van der Waals surface area (Å²) in [4.78, 5) is 22.2. The van der Waals surface area contributed by atoms with Crippen molar-refractivity contribution in [3.05, 3.63) is 53.1 Å². The molecule has 0 radical (unpaired) electrons. The van der Waals surface area contributed by atoms with E-state index in [1.807, 2.05) is 24.4 Å². The lowest BCUT2D eigenvalue weighted by molar-refractivity contribution is -0.119. The van der Waals surface area contributed by atoms with E-state index < -0.39 is 5.91 Å². The summed E-state index contributed by atoms with van der Waals surface area (Å²) in [5.74, 6) is 1.09. The van der Waals surface area contributed by atoms with Crippen molar-refractivity contribution in [1.29, 1.82) is 0 Å². The largest absolute Gasteiger partial charge is 0.484 e. The summed E-state index contributed by atoms with van der Waals surface area (Å²) in [7, 11) is 0. The van der Waals surface area contributed by atoms with E-state index in [0.29, 0.717) is 5.75 Å². The lowest BCUT2D eigenvalue weighted by Crippen LogP contribution is -2.31. The summed E-state index contributed by atoms with van der Waals surface area (Å²) >= 11 is 0. The van der Waals surface area contributed by atoms with Gasteiger partial charge in [-0.2, -0.15) is 0 Å². The molecule has 6 nitrogen and oxygen atoms in total. The second kappa shape index (κ2) is 7.40. The van der Waals surface area contributed by atoms with Crippen LogP contribution in [-0.2, 0) is 30.7 Å². The predicted octanol–water partition coefficient (Wildman–Crippen LogP) is 1.46. The molecule has 126 valence electrons. The molecule has 1 amide bonds. The number of aryl methyl sites for hydroxylation is 1. The maximum absolute atomic E-state index is 10.8. The molecule has 0 unspecified atom stereocenters. The molecular formula is C18H22N4O2. The standard InChI is InChI=1S/C18H22N4O2/c1-2-18-20-9-14-6-7-22(11-16(14)21-18)10-13-4-3-5-15(8-13)24-12-17(19)23/h3-5,8-9H,2,6-7,10-12H2,1H3,(H2,19,23). The molecule has 0 spiro atoms. The summed E-state index contributed by atoms with van der Waals surface area (Å²) < 4.78 is 5.37. The van der Waals surface area contributed by atoms with Gasteiger partial charge in [-0.3, -0.25) is 9.69 Å². The molecule has 3 rings (SSSR count). The maximum Gasteiger partial charge on any atom is 0.255 e. The van der Waals surface area contributed by atoms with Crippen LogP contribution >= 0.6 is 0 Å². The number of nitrogens with zero attached hydrogens (tertiary/aromatic N) is 3. The van der Waals surface area contributed by atoms with E-state index in [9.17, 15) is 4.79 Å². The average Bonchev–Trinajstić information content (AvgIpc) is 2.59. The monoisotopic (exact) mass is 326 g/mol. The van der Waals surface area contributed by atoms with Crippen molar-refractivity contribution in [3.63, 3.8) is 0 Å². The number of carbonyl (C=O) groups is 1. The molecule has 0 aliphatic carbocycles. The van der Waals surface area contributed by atoms with Crippen LogP contribution in [-0.4, -0.2) is 33.9 Å². The van der Waals surface area contributed by atoms with Crippen LogP contribution in [0.3, 0.4) is 0 Å². The van der Waals surface area contributed by atoms with Crippen LogP contribution in [0.25, 0.3) is 0 Å². The van der Waals surface area contributed by atoms with Gasteiger partial charge in [0.1, 0.15) is 11.6 Å². The van der Waals surface area contributed by atoms with Crippen LogP contribution in [0, 0.1) is 0 Å².